The number of benzene rings is 1. The van der Waals surface area contributed by atoms with E-state index in [9.17, 15) is 0 Å². The van der Waals surface area contributed by atoms with E-state index in [1.54, 1.807) is 0 Å². The zero-order chi connectivity index (χ0) is 19.0. The minimum absolute atomic E-state index is 0. The zero-order valence-corrected chi connectivity index (χ0v) is 16.8. The van der Waals surface area contributed by atoms with Gasteiger partial charge in [-0.2, -0.15) is 0 Å². The summed E-state index contributed by atoms with van der Waals surface area (Å²) in [7, 11) is 0. The maximum absolute atomic E-state index is 8.33. The third-order valence-electron chi connectivity index (χ3n) is 4.11. The number of halogens is 1. The number of nitrogens with zero attached hydrogens (tertiary/aromatic N) is 1. The van der Waals surface area contributed by atoms with Gasteiger partial charge < -0.3 is 16.2 Å². The number of piperidine rings is 1. The molecule has 1 aliphatic heterocycles. The van der Waals surface area contributed by atoms with Crippen LogP contribution in [-0.4, -0.2) is 36.3 Å². The molecule has 0 radical (unpaired) electrons. The summed E-state index contributed by atoms with van der Waals surface area (Å²) in [5.41, 5.74) is 7.17. The van der Waals surface area contributed by atoms with Crippen molar-refractivity contribution < 1.29 is 5.11 Å². The van der Waals surface area contributed by atoms with E-state index < -0.39 is 0 Å². The van der Waals surface area contributed by atoms with Crippen molar-refractivity contribution in [1.82, 2.24) is 10.3 Å². The Hall–Kier alpha value is -1.20. The Morgan fingerprint density at radius 3 is 2.21 bits per heavy atom. The smallest absolute Gasteiger partial charge is 0.0720 e. The average molecular weight is 412 g/mol. The fourth-order valence-electron chi connectivity index (χ4n) is 2.67. The molecule has 0 unspecified atom stereocenters. The molecular formula is C23H42ClN3O. The third kappa shape index (κ3) is 13.1. The normalized spacial score (nSPS) is 12.4. The molecule has 0 aliphatic carbocycles. The summed E-state index contributed by atoms with van der Waals surface area (Å²) in [5.74, 6) is 0. The molecule has 0 amide bonds. The lowest BCUT2D eigenvalue weighted by Gasteiger charge is -2.08. The Balaban J connectivity index is 0. The number of pyridine rings is 1. The van der Waals surface area contributed by atoms with Gasteiger partial charge >= 0.3 is 0 Å². The first-order chi connectivity index (χ1) is 12.7. The van der Waals surface area contributed by atoms with Crippen molar-refractivity contribution in [1.29, 1.82) is 0 Å². The van der Waals surface area contributed by atoms with Gasteiger partial charge in [0.2, 0.25) is 0 Å². The van der Waals surface area contributed by atoms with Crippen molar-refractivity contribution in [3.8, 4) is 0 Å². The molecule has 4 nitrogen and oxygen atoms in total. The van der Waals surface area contributed by atoms with Gasteiger partial charge in [-0.3, -0.25) is 4.98 Å². The largest absolute Gasteiger partial charge is 0.396 e. The van der Waals surface area contributed by atoms with E-state index >= 15 is 0 Å². The van der Waals surface area contributed by atoms with Crippen LogP contribution in [0.15, 0.2) is 30.3 Å². The monoisotopic (exact) mass is 411 g/mol. The van der Waals surface area contributed by atoms with Gasteiger partial charge in [0.05, 0.1) is 10.5 Å². The molecule has 2 heterocycles. The van der Waals surface area contributed by atoms with Crippen LogP contribution in [0.25, 0.3) is 10.9 Å². The van der Waals surface area contributed by atoms with Crippen molar-refractivity contribution in [2.75, 3.05) is 26.2 Å². The van der Waals surface area contributed by atoms with Crippen molar-refractivity contribution >= 4 is 22.5 Å². The minimum atomic E-state index is 0. The molecule has 5 heteroatoms. The molecule has 162 valence electrons. The maximum atomic E-state index is 8.33. The van der Waals surface area contributed by atoms with Crippen LogP contribution in [0.4, 0.5) is 0 Å². The molecule has 4 N–H and O–H groups in total. The van der Waals surface area contributed by atoms with E-state index in [0.717, 1.165) is 53.8 Å². The fourth-order valence-corrected chi connectivity index (χ4v) is 2.99. The van der Waals surface area contributed by atoms with Gasteiger partial charge in [-0.05, 0) is 64.4 Å². The number of rotatable bonds is 5. The lowest BCUT2D eigenvalue weighted by atomic mass is 10.2. The number of aryl methyl sites for hydroxylation is 1. The Morgan fingerprint density at radius 1 is 1.04 bits per heavy atom. The molecule has 1 saturated heterocycles. The van der Waals surface area contributed by atoms with Gasteiger partial charge in [0.1, 0.15) is 0 Å². The molecule has 0 saturated carbocycles. The molecule has 1 aromatic heterocycles. The Labute approximate surface area is 177 Å². The van der Waals surface area contributed by atoms with Gasteiger partial charge in [-0.25, -0.2) is 0 Å². The highest BCUT2D eigenvalue weighted by Crippen LogP contribution is 2.22. The molecule has 1 aliphatic rings. The van der Waals surface area contributed by atoms with Gasteiger partial charge in [-0.15, -0.1) is 0 Å². The lowest BCUT2D eigenvalue weighted by molar-refractivity contribution is 0.282. The predicted octanol–water partition coefficient (Wildman–Crippen LogP) is 5.73. The van der Waals surface area contributed by atoms with E-state index in [-0.39, 0.29) is 14.9 Å². The van der Waals surface area contributed by atoms with E-state index in [1.807, 2.05) is 37.3 Å². The van der Waals surface area contributed by atoms with Gasteiger partial charge in [0.25, 0.3) is 0 Å². The Bertz CT molecular complexity index is 586. The number of aliphatic hydroxyl groups excluding tert-OH is 1. The summed E-state index contributed by atoms with van der Waals surface area (Å²) in [5, 5.41) is 13.4. The van der Waals surface area contributed by atoms with Crippen molar-refractivity contribution in [2.24, 2.45) is 5.73 Å². The summed E-state index contributed by atoms with van der Waals surface area (Å²) >= 11 is 6.02. The standard InChI is InChI=1S/C10H8ClN.C6H15NO.C5H11N.2CH4/c1-7-6-9(11)8-4-2-3-5-10(8)12-7;7-5-3-1-2-4-6-8;1-2-4-6-5-3-1;;/h2-6H,1H3;8H,1-7H2;6H,1-5H2;2*1H4. The molecule has 1 aromatic carbocycles. The number of hydrogen-bond acceptors (Lipinski definition) is 4. The highest BCUT2D eigenvalue weighted by Gasteiger charge is 1.99. The van der Waals surface area contributed by atoms with Crippen LogP contribution in [-0.2, 0) is 0 Å². The Morgan fingerprint density at radius 2 is 1.68 bits per heavy atom. The second kappa shape index (κ2) is 19.1. The summed E-state index contributed by atoms with van der Waals surface area (Å²) in [6, 6.07) is 9.75. The van der Waals surface area contributed by atoms with Crippen LogP contribution in [0.2, 0.25) is 5.02 Å². The first-order valence-corrected chi connectivity index (χ1v) is 10.1. The van der Waals surface area contributed by atoms with Crippen molar-refractivity contribution in [3.63, 3.8) is 0 Å². The van der Waals surface area contributed by atoms with Crippen molar-refractivity contribution in [2.45, 2.75) is 66.7 Å². The molecule has 1 fully saturated rings. The molecular weight excluding hydrogens is 370 g/mol. The number of nitrogens with two attached hydrogens (primary N) is 1. The van der Waals surface area contributed by atoms with Crippen LogP contribution in [0.1, 0.15) is 65.5 Å². The summed E-state index contributed by atoms with van der Waals surface area (Å²) in [4.78, 5) is 4.35. The van der Waals surface area contributed by atoms with Crippen LogP contribution >= 0.6 is 11.6 Å². The van der Waals surface area contributed by atoms with E-state index in [2.05, 4.69) is 10.3 Å². The average Bonchev–Trinajstić information content (AvgIpc) is 2.68. The lowest BCUT2D eigenvalue weighted by Crippen LogP contribution is -2.21. The summed E-state index contributed by atoms with van der Waals surface area (Å²) < 4.78 is 0. The topological polar surface area (TPSA) is 71.2 Å². The Kier molecular flexibility index (Phi) is 19.8. The first-order valence-electron chi connectivity index (χ1n) is 9.72. The molecule has 0 spiro atoms. The van der Waals surface area contributed by atoms with Gasteiger partial charge in [0, 0.05) is 17.7 Å². The zero-order valence-electron chi connectivity index (χ0n) is 16.0. The first kappa shape index (κ1) is 29.0. The number of aliphatic hydroxyl groups is 1. The number of para-hydroxylation sites is 1. The minimum Gasteiger partial charge on any atom is -0.396 e. The molecule has 2 aromatic rings. The second-order valence-electron chi connectivity index (χ2n) is 6.50. The fraction of sp³-hybridized carbons (Fsp3) is 0.609. The van der Waals surface area contributed by atoms with E-state index in [4.69, 9.17) is 22.4 Å². The predicted molar refractivity (Wildman–Crippen MR) is 126 cm³/mol. The maximum Gasteiger partial charge on any atom is 0.0720 e. The molecule has 0 atom stereocenters. The van der Waals surface area contributed by atoms with Crippen LogP contribution in [0.5, 0.6) is 0 Å². The second-order valence-corrected chi connectivity index (χ2v) is 6.91. The van der Waals surface area contributed by atoms with Crippen LogP contribution in [0, 0.1) is 6.92 Å². The van der Waals surface area contributed by atoms with E-state index in [0.29, 0.717) is 6.61 Å². The molecule has 28 heavy (non-hydrogen) atoms. The number of hydrogen-bond donors (Lipinski definition) is 3. The summed E-state index contributed by atoms with van der Waals surface area (Å²) in [6.07, 6.45) is 8.53. The number of aromatic nitrogens is 1. The van der Waals surface area contributed by atoms with E-state index in [1.165, 1.54) is 32.4 Å². The van der Waals surface area contributed by atoms with Gasteiger partial charge in [0.15, 0.2) is 0 Å². The third-order valence-corrected chi connectivity index (χ3v) is 4.43. The molecule has 3 rings (SSSR count). The quantitative estimate of drug-likeness (QED) is 0.549. The number of unbranched alkanes of at least 4 members (excludes halogenated alkanes) is 3. The molecule has 0 bridgehead atoms. The van der Waals surface area contributed by atoms with Crippen molar-refractivity contribution in [3.05, 3.63) is 41.0 Å². The highest BCUT2D eigenvalue weighted by molar-refractivity contribution is 6.35. The number of fused-ring (bicyclic) bond motifs is 1. The van der Waals surface area contributed by atoms with Crippen LogP contribution in [0.3, 0.4) is 0 Å². The van der Waals surface area contributed by atoms with Crippen LogP contribution < -0.4 is 11.1 Å². The number of nitrogens with one attached hydrogen (secondary N) is 1. The SMILES string of the molecule is C.C.C1CCNCC1.Cc1cc(Cl)c2ccccc2n1.NCCCCCCO. The van der Waals surface area contributed by atoms with Gasteiger partial charge in [-0.1, -0.05) is 63.9 Å². The highest BCUT2D eigenvalue weighted by atomic mass is 35.5. The summed E-state index contributed by atoms with van der Waals surface area (Å²) in [6.45, 7) is 5.55.